The van der Waals surface area contributed by atoms with Crippen molar-refractivity contribution in [1.29, 1.82) is 0 Å². The van der Waals surface area contributed by atoms with Gasteiger partial charge in [0.25, 0.3) is 0 Å². The van der Waals surface area contributed by atoms with E-state index in [9.17, 15) is 0 Å². The molecule has 1 unspecified atom stereocenters. The van der Waals surface area contributed by atoms with E-state index in [1.807, 2.05) is 0 Å². The van der Waals surface area contributed by atoms with Gasteiger partial charge >= 0.3 is 0 Å². The SMILES string of the molecule is COc1ccc2c(c1)c(C)c1n2CCC(C)(C)C1N1CCCC1.Cl. The molecule has 4 heteroatoms. The van der Waals surface area contributed by atoms with Gasteiger partial charge in [0.2, 0.25) is 0 Å². The lowest BCUT2D eigenvalue weighted by atomic mass is 9.75. The van der Waals surface area contributed by atoms with Crippen LogP contribution >= 0.6 is 12.4 Å². The highest BCUT2D eigenvalue weighted by atomic mass is 35.5. The first-order valence-electron chi connectivity index (χ1n) is 8.94. The highest BCUT2D eigenvalue weighted by molar-refractivity contribution is 5.87. The van der Waals surface area contributed by atoms with E-state index in [0.29, 0.717) is 11.5 Å². The number of nitrogens with zero attached hydrogens (tertiary/aromatic N) is 2. The Bertz CT molecular complexity index is 744. The second-order valence-electron chi connectivity index (χ2n) is 7.93. The number of ether oxygens (including phenoxy) is 1. The van der Waals surface area contributed by atoms with Crippen molar-refractivity contribution in [2.45, 2.75) is 52.6 Å². The summed E-state index contributed by atoms with van der Waals surface area (Å²) in [5, 5.41) is 1.36. The van der Waals surface area contributed by atoms with Crippen molar-refractivity contribution in [2.24, 2.45) is 5.41 Å². The van der Waals surface area contributed by atoms with Crippen LogP contribution in [0.4, 0.5) is 0 Å². The molecule has 24 heavy (non-hydrogen) atoms. The fraction of sp³-hybridized carbons (Fsp3) is 0.600. The van der Waals surface area contributed by atoms with Crippen LogP contribution < -0.4 is 4.74 Å². The third kappa shape index (κ3) is 2.53. The number of hydrogen-bond donors (Lipinski definition) is 0. The van der Waals surface area contributed by atoms with Crippen LogP contribution in [0.2, 0.25) is 0 Å². The molecule has 1 atom stereocenters. The Balaban J connectivity index is 0.00000169. The number of hydrogen-bond acceptors (Lipinski definition) is 2. The number of likely N-dealkylation sites (tertiary alicyclic amines) is 1. The molecule has 2 aliphatic heterocycles. The Kier molecular flexibility index (Phi) is 4.61. The average molecular weight is 349 g/mol. The third-order valence-electron chi connectivity index (χ3n) is 6.06. The third-order valence-corrected chi connectivity index (χ3v) is 6.06. The van der Waals surface area contributed by atoms with E-state index in [-0.39, 0.29) is 12.4 Å². The summed E-state index contributed by atoms with van der Waals surface area (Å²) < 4.78 is 8.04. The minimum Gasteiger partial charge on any atom is -0.497 e. The summed E-state index contributed by atoms with van der Waals surface area (Å²) in [6.45, 7) is 10.8. The molecule has 0 radical (unpaired) electrons. The van der Waals surface area contributed by atoms with Gasteiger partial charge in [0.15, 0.2) is 0 Å². The maximum atomic E-state index is 5.46. The number of rotatable bonds is 2. The van der Waals surface area contributed by atoms with Gasteiger partial charge < -0.3 is 9.30 Å². The Morgan fingerprint density at radius 1 is 1.12 bits per heavy atom. The van der Waals surface area contributed by atoms with Crippen molar-refractivity contribution in [3.8, 4) is 5.75 Å². The average Bonchev–Trinajstić information content (AvgIpc) is 3.14. The number of fused-ring (bicyclic) bond motifs is 3. The first-order chi connectivity index (χ1) is 11.0. The Morgan fingerprint density at radius 3 is 2.50 bits per heavy atom. The molecule has 0 saturated carbocycles. The van der Waals surface area contributed by atoms with Gasteiger partial charge in [0, 0.05) is 23.1 Å². The minimum atomic E-state index is 0. The van der Waals surface area contributed by atoms with E-state index in [0.717, 1.165) is 12.3 Å². The number of methoxy groups -OCH3 is 1. The highest BCUT2D eigenvalue weighted by Gasteiger charge is 2.42. The van der Waals surface area contributed by atoms with Gasteiger partial charge in [-0.3, -0.25) is 4.90 Å². The highest BCUT2D eigenvalue weighted by Crippen LogP contribution is 2.49. The number of aromatic nitrogens is 1. The van der Waals surface area contributed by atoms with Gasteiger partial charge in [-0.2, -0.15) is 0 Å². The summed E-state index contributed by atoms with van der Waals surface area (Å²) >= 11 is 0. The van der Waals surface area contributed by atoms with Crippen LogP contribution in [0.15, 0.2) is 18.2 Å². The summed E-state index contributed by atoms with van der Waals surface area (Å²) in [7, 11) is 1.75. The van der Waals surface area contributed by atoms with Crippen molar-refractivity contribution in [2.75, 3.05) is 20.2 Å². The topological polar surface area (TPSA) is 17.4 Å². The first-order valence-corrected chi connectivity index (χ1v) is 8.94. The minimum absolute atomic E-state index is 0. The van der Waals surface area contributed by atoms with E-state index in [1.54, 1.807) is 12.8 Å². The number of benzene rings is 1. The Morgan fingerprint density at radius 2 is 1.83 bits per heavy atom. The molecule has 0 amide bonds. The molecule has 1 aromatic heterocycles. The van der Waals surface area contributed by atoms with Gasteiger partial charge in [0.05, 0.1) is 13.2 Å². The molecule has 3 nitrogen and oxygen atoms in total. The quantitative estimate of drug-likeness (QED) is 0.764. The van der Waals surface area contributed by atoms with Gasteiger partial charge in [-0.05, 0) is 68.5 Å². The van der Waals surface area contributed by atoms with Crippen LogP contribution in [0.1, 0.15) is 50.4 Å². The number of halogens is 1. The molecular formula is C20H29ClN2O. The van der Waals surface area contributed by atoms with Crippen molar-refractivity contribution in [1.82, 2.24) is 9.47 Å². The molecular weight excluding hydrogens is 320 g/mol. The molecule has 0 aliphatic carbocycles. The van der Waals surface area contributed by atoms with E-state index < -0.39 is 0 Å². The van der Waals surface area contributed by atoms with Gasteiger partial charge in [-0.25, -0.2) is 0 Å². The second kappa shape index (κ2) is 6.27. The van der Waals surface area contributed by atoms with E-state index in [2.05, 4.69) is 48.4 Å². The molecule has 1 saturated heterocycles. The van der Waals surface area contributed by atoms with Crippen LogP contribution in [0.3, 0.4) is 0 Å². The van der Waals surface area contributed by atoms with Crippen LogP contribution in [0.25, 0.3) is 10.9 Å². The molecule has 0 bridgehead atoms. The first kappa shape index (κ1) is 17.6. The Labute approximate surface area is 151 Å². The summed E-state index contributed by atoms with van der Waals surface area (Å²) in [6, 6.07) is 7.09. The predicted octanol–water partition coefficient (Wildman–Crippen LogP) is 4.95. The van der Waals surface area contributed by atoms with Crippen molar-refractivity contribution in [3.05, 3.63) is 29.5 Å². The zero-order valence-electron chi connectivity index (χ0n) is 15.3. The molecule has 1 fully saturated rings. The zero-order chi connectivity index (χ0) is 16.2. The summed E-state index contributed by atoms with van der Waals surface area (Å²) in [5.41, 5.74) is 4.71. The van der Waals surface area contributed by atoms with Crippen LogP contribution in [0, 0.1) is 12.3 Å². The molecule has 0 spiro atoms. The molecule has 4 rings (SSSR count). The van der Waals surface area contributed by atoms with Gasteiger partial charge in [-0.15, -0.1) is 12.4 Å². The standard InChI is InChI=1S/C20H28N2O.ClH/c1-14-16-13-15(23-4)7-8-17(16)22-12-9-20(2,3)19(18(14)22)21-10-5-6-11-21;/h7-8,13,19H,5-6,9-12H2,1-4H3;1H. The predicted molar refractivity (Wildman–Crippen MR) is 102 cm³/mol. The van der Waals surface area contributed by atoms with Crippen LogP contribution in [0.5, 0.6) is 5.75 Å². The molecule has 132 valence electrons. The maximum Gasteiger partial charge on any atom is 0.119 e. The van der Waals surface area contributed by atoms with E-state index in [4.69, 9.17) is 4.74 Å². The van der Waals surface area contributed by atoms with E-state index in [1.165, 1.54) is 48.8 Å². The lowest BCUT2D eigenvalue weighted by molar-refractivity contribution is 0.0729. The Hall–Kier alpha value is -1.19. The van der Waals surface area contributed by atoms with Gasteiger partial charge in [-0.1, -0.05) is 13.8 Å². The second-order valence-corrected chi connectivity index (χ2v) is 7.93. The molecule has 1 aromatic carbocycles. The molecule has 0 N–H and O–H groups in total. The van der Waals surface area contributed by atoms with Crippen molar-refractivity contribution in [3.63, 3.8) is 0 Å². The van der Waals surface area contributed by atoms with Crippen molar-refractivity contribution < 1.29 is 4.74 Å². The summed E-state index contributed by atoms with van der Waals surface area (Å²) in [6.07, 6.45) is 3.94. The smallest absolute Gasteiger partial charge is 0.119 e. The van der Waals surface area contributed by atoms with Crippen LogP contribution in [-0.4, -0.2) is 29.7 Å². The maximum absolute atomic E-state index is 5.46. The summed E-state index contributed by atoms with van der Waals surface area (Å²) in [5.74, 6) is 0.959. The zero-order valence-corrected chi connectivity index (χ0v) is 16.1. The monoisotopic (exact) mass is 348 g/mol. The fourth-order valence-electron chi connectivity index (χ4n) is 4.82. The largest absolute Gasteiger partial charge is 0.497 e. The molecule has 2 aliphatic rings. The molecule has 2 aromatic rings. The van der Waals surface area contributed by atoms with Gasteiger partial charge in [0.1, 0.15) is 5.75 Å². The van der Waals surface area contributed by atoms with Crippen LogP contribution in [-0.2, 0) is 6.54 Å². The van der Waals surface area contributed by atoms with E-state index >= 15 is 0 Å². The normalized spacial score (nSPS) is 23.1. The van der Waals surface area contributed by atoms with Crippen molar-refractivity contribution >= 4 is 23.3 Å². The summed E-state index contributed by atoms with van der Waals surface area (Å²) in [4.78, 5) is 2.73. The molecule has 3 heterocycles. The lowest BCUT2D eigenvalue weighted by Gasteiger charge is -2.45. The number of aryl methyl sites for hydroxylation is 2. The lowest BCUT2D eigenvalue weighted by Crippen LogP contribution is -2.41. The fourth-order valence-corrected chi connectivity index (χ4v) is 4.82.